The lowest BCUT2D eigenvalue weighted by molar-refractivity contribution is -0.137. The van der Waals surface area contributed by atoms with Gasteiger partial charge in [0.25, 0.3) is 0 Å². The molecule has 0 bridgehead atoms. The summed E-state index contributed by atoms with van der Waals surface area (Å²) in [7, 11) is 1.62. The lowest BCUT2D eigenvalue weighted by Crippen LogP contribution is -2.05. The summed E-state index contributed by atoms with van der Waals surface area (Å²) < 4.78 is 15.1. The summed E-state index contributed by atoms with van der Waals surface area (Å²) >= 11 is 0. The van der Waals surface area contributed by atoms with Gasteiger partial charge in [-0.1, -0.05) is 5.16 Å². The van der Waals surface area contributed by atoms with Gasteiger partial charge in [-0.05, 0) is 6.42 Å². The first-order valence-electron chi connectivity index (χ1n) is 5.82. The average molecular weight is 258 g/mol. The average Bonchev–Trinajstić information content (AvgIpc) is 2.76. The van der Waals surface area contributed by atoms with Crippen molar-refractivity contribution >= 4 is 5.97 Å². The number of nitrogens with zero attached hydrogens (tertiary/aromatic N) is 2. The van der Waals surface area contributed by atoms with E-state index in [-0.39, 0.29) is 6.42 Å². The van der Waals surface area contributed by atoms with Gasteiger partial charge in [0, 0.05) is 26.4 Å². The van der Waals surface area contributed by atoms with E-state index < -0.39 is 5.97 Å². The maximum Gasteiger partial charge on any atom is 0.303 e. The zero-order chi connectivity index (χ0) is 13.2. The van der Waals surface area contributed by atoms with Gasteiger partial charge < -0.3 is 19.1 Å². The number of aromatic nitrogens is 2. The van der Waals surface area contributed by atoms with Crippen LogP contribution in [0.25, 0.3) is 0 Å². The Hall–Kier alpha value is -1.47. The van der Waals surface area contributed by atoms with Crippen molar-refractivity contribution in [3.63, 3.8) is 0 Å². The van der Waals surface area contributed by atoms with Crippen molar-refractivity contribution in [3.05, 3.63) is 11.7 Å². The Kier molecular flexibility index (Phi) is 6.97. The highest BCUT2D eigenvalue weighted by molar-refractivity contribution is 5.66. The Morgan fingerprint density at radius 2 is 2.17 bits per heavy atom. The molecule has 0 aliphatic heterocycles. The van der Waals surface area contributed by atoms with E-state index in [4.69, 9.17) is 19.1 Å². The zero-order valence-electron chi connectivity index (χ0n) is 10.4. The number of hydrogen-bond acceptors (Lipinski definition) is 6. The van der Waals surface area contributed by atoms with Crippen LogP contribution in [0.2, 0.25) is 0 Å². The van der Waals surface area contributed by atoms with Crippen LogP contribution in [0.4, 0.5) is 0 Å². The fraction of sp³-hybridized carbons (Fsp3) is 0.727. The van der Waals surface area contributed by atoms with Crippen molar-refractivity contribution in [3.8, 4) is 0 Å². The molecule has 0 aromatic carbocycles. The molecule has 1 aromatic heterocycles. The van der Waals surface area contributed by atoms with Gasteiger partial charge in [0.15, 0.2) is 5.82 Å². The molecule has 102 valence electrons. The molecule has 0 spiro atoms. The van der Waals surface area contributed by atoms with Gasteiger partial charge in [-0.3, -0.25) is 4.79 Å². The maximum atomic E-state index is 10.3. The van der Waals surface area contributed by atoms with Gasteiger partial charge in [0.2, 0.25) is 5.89 Å². The SMILES string of the molecule is COCCOCCc1noc(CCCC(=O)O)n1. The summed E-state index contributed by atoms with van der Waals surface area (Å²) in [5.74, 6) is 0.238. The smallest absolute Gasteiger partial charge is 0.303 e. The molecule has 0 aliphatic rings. The number of carboxylic acid groups (broad SMARTS) is 1. The molecular formula is C11H18N2O5. The van der Waals surface area contributed by atoms with Gasteiger partial charge in [-0.15, -0.1) is 0 Å². The highest BCUT2D eigenvalue weighted by Crippen LogP contribution is 2.03. The first-order chi connectivity index (χ1) is 8.72. The molecule has 0 aliphatic carbocycles. The molecule has 0 saturated carbocycles. The summed E-state index contributed by atoms with van der Waals surface area (Å²) in [5.41, 5.74) is 0. The van der Waals surface area contributed by atoms with E-state index in [9.17, 15) is 4.79 Å². The van der Waals surface area contributed by atoms with E-state index in [1.54, 1.807) is 7.11 Å². The Morgan fingerprint density at radius 1 is 1.33 bits per heavy atom. The van der Waals surface area contributed by atoms with Gasteiger partial charge in [0.1, 0.15) is 0 Å². The van der Waals surface area contributed by atoms with Crippen LogP contribution in [-0.2, 0) is 27.1 Å². The van der Waals surface area contributed by atoms with Gasteiger partial charge in [-0.25, -0.2) is 0 Å². The minimum Gasteiger partial charge on any atom is -0.481 e. The minimum atomic E-state index is -0.818. The molecule has 0 atom stereocenters. The van der Waals surface area contributed by atoms with Crippen molar-refractivity contribution < 1.29 is 23.9 Å². The lowest BCUT2D eigenvalue weighted by Gasteiger charge is -1.99. The Balaban J connectivity index is 2.15. The van der Waals surface area contributed by atoms with E-state index >= 15 is 0 Å². The van der Waals surface area contributed by atoms with E-state index in [1.807, 2.05) is 0 Å². The molecule has 18 heavy (non-hydrogen) atoms. The topological polar surface area (TPSA) is 94.7 Å². The summed E-state index contributed by atoms with van der Waals surface area (Å²) in [5, 5.41) is 12.3. The first-order valence-corrected chi connectivity index (χ1v) is 5.82. The standard InChI is InChI=1S/C11H18N2O5/c1-16-7-8-17-6-5-9-12-10(18-13-9)3-2-4-11(14)15/h2-8H2,1H3,(H,14,15). The van der Waals surface area contributed by atoms with E-state index in [0.717, 1.165) is 0 Å². The van der Waals surface area contributed by atoms with Crippen molar-refractivity contribution in [1.29, 1.82) is 0 Å². The number of aryl methyl sites for hydroxylation is 1. The number of carboxylic acids is 1. The van der Waals surface area contributed by atoms with Crippen LogP contribution in [0.5, 0.6) is 0 Å². The maximum absolute atomic E-state index is 10.3. The summed E-state index contributed by atoms with van der Waals surface area (Å²) in [6.07, 6.45) is 1.68. The predicted octanol–water partition coefficient (Wildman–Crippen LogP) is 0.682. The van der Waals surface area contributed by atoms with Crippen LogP contribution in [0.15, 0.2) is 4.52 Å². The van der Waals surface area contributed by atoms with Gasteiger partial charge in [-0.2, -0.15) is 4.98 Å². The molecule has 1 rings (SSSR count). The van der Waals surface area contributed by atoms with Crippen molar-refractivity contribution in [2.45, 2.75) is 25.7 Å². The predicted molar refractivity (Wildman–Crippen MR) is 61.3 cm³/mol. The quantitative estimate of drug-likeness (QED) is 0.616. The third kappa shape index (κ3) is 6.31. The van der Waals surface area contributed by atoms with Crippen LogP contribution in [0.1, 0.15) is 24.6 Å². The fourth-order valence-electron chi connectivity index (χ4n) is 1.29. The van der Waals surface area contributed by atoms with Crippen molar-refractivity contribution in [1.82, 2.24) is 10.1 Å². The molecule has 0 radical (unpaired) electrons. The zero-order valence-corrected chi connectivity index (χ0v) is 10.4. The number of carbonyl (C=O) groups is 1. The normalized spacial score (nSPS) is 10.7. The largest absolute Gasteiger partial charge is 0.481 e. The summed E-state index contributed by atoms with van der Waals surface area (Å²) in [6.45, 7) is 1.62. The van der Waals surface area contributed by atoms with Crippen molar-refractivity contribution in [2.75, 3.05) is 26.9 Å². The van der Waals surface area contributed by atoms with E-state index in [2.05, 4.69) is 10.1 Å². The number of ether oxygens (including phenoxy) is 2. The van der Waals surface area contributed by atoms with E-state index in [0.29, 0.717) is 50.8 Å². The minimum absolute atomic E-state index is 0.109. The number of rotatable bonds is 10. The van der Waals surface area contributed by atoms with E-state index in [1.165, 1.54) is 0 Å². The summed E-state index contributed by atoms with van der Waals surface area (Å²) in [6, 6.07) is 0. The number of hydrogen-bond donors (Lipinski definition) is 1. The number of methoxy groups -OCH3 is 1. The van der Waals surface area contributed by atoms with Gasteiger partial charge >= 0.3 is 5.97 Å². The monoisotopic (exact) mass is 258 g/mol. The fourth-order valence-corrected chi connectivity index (χ4v) is 1.29. The Bertz CT molecular complexity index is 353. The van der Waals surface area contributed by atoms with Crippen LogP contribution < -0.4 is 0 Å². The molecule has 7 heteroatoms. The van der Waals surface area contributed by atoms with Crippen LogP contribution >= 0.6 is 0 Å². The molecule has 1 aromatic rings. The number of aliphatic carboxylic acids is 1. The molecule has 1 heterocycles. The molecule has 0 amide bonds. The Morgan fingerprint density at radius 3 is 2.89 bits per heavy atom. The molecular weight excluding hydrogens is 240 g/mol. The second kappa shape index (κ2) is 8.60. The second-order valence-electron chi connectivity index (χ2n) is 3.71. The highest BCUT2D eigenvalue weighted by atomic mass is 16.5. The van der Waals surface area contributed by atoms with Crippen LogP contribution in [0, 0.1) is 0 Å². The molecule has 1 N–H and O–H groups in total. The van der Waals surface area contributed by atoms with Crippen LogP contribution in [-0.4, -0.2) is 48.1 Å². The molecule has 0 fully saturated rings. The molecule has 7 nitrogen and oxygen atoms in total. The lowest BCUT2D eigenvalue weighted by atomic mass is 10.2. The van der Waals surface area contributed by atoms with Crippen molar-refractivity contribution in [2.24, 2.45) is 0 Å². The highest BCUT2D eigenvalue weighted by Gasteiger charge is 2.07. The summed E-state index contributed by atoms with van der Waals surface area (Å²) in [4.78, 5) is 14.5. The third-order valence-corrected chi connectivity index (χ3v) is 2.19. The molecule has 0 saturated heterocycles. The van der Waals surface area contributed by atoms with Crippen LogP contribution in [0.3, 0.4) is 0 Å². The second-order valence-corrected chi connectivity index (χ2v) is 3.71. The molecule has 0 unspecified atom stereocenters. The first kappa shape index (κ1) is 14.6. The third-order valence-electron chi connectivity index (χ3n) is 2.19. The van der Waals surface area contributed by atoms with Gasteiger partial charge in [0.05, 0.1) is 19.8 Å². The Labute approximate surface area is 105 Å².